The molecule has 382 valence electrons. The molecule has 6 amide bonds. The van der Waals surface area contributed by atoms with Crippen molar-refractivity contribution in [1.82, 2.24) is 40.6 Å². The molecule has 4 rings (SSSR count). The van der Waals surface area contributed by atoms with Crippen LogP contribution in [-0.2, 0) is 46.5 Å². The summed E-state index contributed by atoms with van der Waals surface area (Å²) in [6, 6.07) is 6.31. The quantitative estimate of drug-likeness (QED) is 0.179. The number of ketones is 1. The average molecular weight is 947 g/mol. The average Bonchev–Trinajstić information content (AvgIpc) is 3.31. The van der Waals surface area contributed by atoms with E-state index in [2.05, 4.69) is 45.8 Å². The second kappa shape index (κ2) is 41.5. The third-order valence-electron chi connectivity index (χ3n) is 9.17. The fourth-order valence-corrected chi connectivity index (χ4v) is 5.53. The zero-order valence-corrected chi connectivity index (χ0v) is 43.6. The predicted octanol–water partition coefficient (Wildman–Crippen LogP) is 6.41. The number of likely N-dealkylation sites (tertiary alicyclic amines) is 1. The maximum Gasteiger partial charge on any atom is 0.410 e. The van der Waals surface area contributed by atoms with E-state index in [4.69, 9.17) is 19.4 Å². The highest BCUT2D eigenvalue weighted by Gasteiger charge is 2.38. The summed E-state index contributed by atoms with van der Waals surface area (Å²) < 4.78 is 5.88. The molecular formula is C49H86N8O10. The molecule has 67 heavy (non-hydrogen) atoms. The lowest BCUT2D eigenvalue weighted by Crippen LogP contribution is -2.59. The van der Waals surface area contributed by atoms with Gasteiger partial charge in [-0.3, -0.25) is 38.5 Å². The van der Waals surface area contributed by atoms with Crippen LogP contribution in [0.2, 0.25) is 0 Å². The van der Waals surface area contributed by atoms with Gasteiger partial charge in [-0.15, -0.1) is 0 Å². The summed E-state index contributed by atoms with van der Waals surface area (Å²) in [5.74, 6) is -1.08. The minimum absolute atomic E-state index is 0.106. The van der Waals surface area contributed by atoms with Gasteiger partial charge in [0.15, 0.2) is 0 Å². The summed E-state index contributed by atoms with van der Waals surface area (Å²) in [5, 5.41) is 14.8. The molecule has 0 aliphatic carbocycles. The number of carbonyl (C=O) groups is 8. The number of fused-ring (bicyclic) bond motifs is 1. The van der Waals surface area contributed by atoms with Crippen LogP contribution in [0.15, 0.2) is 42.9 Å². The fraction of sp³-hybridized carbons (Fsp3) is 0.633. The van der Waals surface area contributed by atoms with E-state index in [0.29, 0.717) is 38.9 Å². The van der Waals surface area contributed by atoms with Crippen molar-refractivity contribution in [3.8, 4) is 0 Å². The van der Waals surface area contributed by atoms with E-state index >= 15 is 0 Å². The first-order valence-electron chi connectivity index (χ1n) is 23.2. The third-order valence-corrected chi connectivity index (χ3v) is 9.17. The minimum Gasteiger partial charge on any atom is -0.483 e. The van der Waals surface area contributed by atoms with Crippen LogP contribution in [0.3, 0.4) is 0 Å². The van der Waals surface area contributed by atoms with Gasteiger partial charge in [-0.2, -0.15) is 0 Å². The molecule has 3 heterocycles. The zero-order valence-electron chi connectivity index (χ0n) is 43.6. The molecular weight excluding hydrogens is 861 g/mol. The van der Waals surface area contributed by atoms with E-state index in [1.54, 1.807) is 37.9 Å². The van der Waals surface area contributed by atoms with Crippen molar-refractivity contribution in [3.63, 3.8) is 0 Å². The first-order chi connectivity index (χ1) is 31.7. The SMILES string of the molecule is CC.CC.CC(=O)C(C)C.CC(C)C(NC(=O)[C@@H](NC(=O)c1cnccn1)C(C)C)C(=O)N1CC[C@H](OC(=O)N2CCc3ccccc3C2)C[C@H]1C.CCC.CN(C)C=O.CNC=O.O=CO. The molecule has 4 atom stereocenters. The Morgan fingerprint density at radius 1 is 0.881 bits per heavy atom. The number of Topliss-reactive ketones (excluding diaryl/α,β-unsaturated/α-hetero) is 1. The summed E-state index contributed by atoms with van der Waals surface area (Å²) in [4.78, 5) is 102. The van der Waals surface area contributed by atoms with Crippen LogP contribution < -0.4 is 16.0 Å². The number of aromatic nitrogens is 2. The van der Waals surface area contributed by atoms with Gasteiger partial charge in [-0.1, -0.05) is 114 Å². The molecule has 1 aromatic heterocycles. The third kappa shape index (κ3) is 30.1. The molecule has 2 aromatic rings. The second-order valence-electron chi connectivity index (χ2n) is 15.9. The first-order valence-corrected chi connectivity index (χ1v) is 23.2. The number of nitrogens with one attached hydrogen (secondary N) is 3. The normalized spacial score (nSPS) is 14.8. The maximum atomic E-state index is 13.7. The highest BCUT2D eigenvalue weighted by Crippen LogP contribution is 2.25. The van der Waals surface area contributed by atoms with Crippen LogP contribution in [0.1, 0.15) is 138 Å². The fourth-order valence-electron chi connectivity index (χ4n) is 5.53. The number of carboxylic acid groups (broad SMARTS) is 1. The summed E-state index contributed by atoms with van der Waals surface area (Å²) in [6.45, 7) is 28.3. The van der Waals surface area contributed by atoms with E-state index in [0.717, 1.165) is 18.4 Å². The maximum absolute atomic E-state index is 13.7. The molecule has 0 saturated carbocycles. The highest BCUT2D eigenvalue weighted by atomic mass is 16.6. The Balaban J connectivity index is -0.000000658. The number of benzene rings is 1. The van der Waals surface area contributed by atoms with E-state index < -0.39 is 23.9 Å². The van der Waals surface area contributed by atoms with E-state index in [1.165, 1.54) is 35.5 Å². The lowest BCUT2D eigenvalue weighted by Gasteiger charge is -2.40. The minimum atomic E-state index is -0.863. The van der Waals surface area contributed by atoms with Crippen LogP contribution >= 0.6 is 0 Å². The number of carbonyl (C=O) groups excluding carboxylic acids is 7. The highest BCUT2D eigenvalue weighted by molar-refractivity contribution is 5.97. The van der Waals surface area contributed by atoms with Gasteiger partial charge in [0.25, 0.3) is 12.4 Å². The van der Waals surface area contributed by atoms with Crippen molar-refractivity contribution in [2.75, 3.05) is 34.2 Å². The number of amides is 6. The Hall–Kier alpha value is -5.94. The molecule has 0 bridgehead atoms. The summed E-state index contributed by atoms with van der Waals surface area (Å²) in [5.41, 5.74) is 2.51. The Morgan fingerprint density at radius 3 is 1.78 bits per heavy atom. The molecule has 2 aliphatic heterocycles. The molecule has 18 heteroatoms. The topological polar surface area (TPSA) is 238 Å². The molecule has 4 N–H and O–H groups in total. The van der Waals surface area contributed by atoms with Crippen molar-refractivity contribution in [1.29, 1.82) is 0 Å². The van der Waals surface area contributed by atoms with Gasteiger partial charge in [0.2, 0.25) is 24.6 Å². The summed E-state index contributed by atoms with van der Waals surface area (Å²) in [6.07, 6.45) is 8.06. The number of piperidine rings is 1. The van der Waals surface area contributed by atoms with Crippen LogP contribution in [0.5, 0.6) is 0 Å². The molecule has 2 aliphatic rings. The van der Waals surface area contributed by atoms with Gasteiger partial charge in [0.05, 0.1) is 6.20 Å². The number of nitrogens with zero attached hydrogens (tertiary/aromatic N) is 5. The predicted molar refractivity (Wildman–Crippen MR) is 264 cm³/mol. The zero-order chi connectivity index (χ0) is 52.7. The Kier molecular flexibility index (Phi) is 41.9. The first kappa shape index (κ1) is 67.6. The van der Waals surface area contributed by atoms with Crippen molar-refractivity contribution in [2.24, 2.45) is 17.8 Å². The van der Waals surface area contributed by atoms with Gasteiger partial charge in [0.1, 0.15) is 29.7 Å². The molecule has 18 nitrogen and oxygen atoms in total. The molecule has 1 aromatic carbocycles. The largest absolute Gasteiger partial charge is 0.483 e. The standard InChI is InChI=1S/C31H42N6O5.C5H10O.C3H7NO.C3H8.C2H5NO.2C2H6.CH2O2/c1-19(2)26(34-28(38)25-17-32-12-13-33-25)29(39)35-27(20(3)4)30(40)37-15-11-24(16-21(37)5)42-31(41)36-14-10-22-8-6-7-9-23(22)18-36;1-4(2)5(3)6;1-4(2)3-5;1-3-2;1-3-2-4;2*1-2;2-1-3/h6-9,12-13,17,19-21,24,26-27H,10-11,14-16,18H2,1-5H3,(H,34,38)(H,35,39);4H,1-3H3;3H,1-2H3;3H2,1-2H3;2H,1H3,(H,3,4);2*1-2H3;1H,(H,2,3)/t21-,24+,26+,27?;;;;;;;/m1......./s1. The van der Waals surface area contributed by atoms with Gasteiger partial charge in [-0.25, -0.2) is 9.78 Å². The van der Waals surface area contributed by atoms with Gasteiger partial charge in [0, 0.05) is 78.0 Å². The Bertz CT molecular complexity index is 1660. The Labute approximate surface area is 401 Å². The molecule has 1 unspecified atom stereocenters. The van der Waals surface area contributed by atoms with Crippen molar-refractivity contribution >= 4 is 48.9 Å². The number of hydrogen-bond acceptors (Lipinski definition) is 11. The number of rotatable bonds is 11. The molecule has 1 saturated heterocycles. The van der Waals surface area contributed by atoms with Crippen molar-refractivity contribution in [3.05, 3.63) is 59.7 Å². The van der Waals surface area contributed by atoms with Gasteiger partial charge < -0.3 is 40.5 Å². The Morgan fingerprint density at radius 2 is 1.37 bits per heavy atom. The van der Waals surface area contributed by atoms with Crippen LogP contribution in [-0.4, -0.2) is 137 Å². The lowest BCUT2D eigenvalue weighted by molar-refractivity contribution is -0.142. The van der Waals surface area contributed by atoms with Crippen LogP contribution in [0.25, 0.3) is 0 Å². The van der Waals surface area contributed by atoms with Gasteiger partial charge in [-0.05, 0) is 43.2 Å². The number of ether oxygens (including phenoxy) is 1. The molecule has 0 spiro atoms. The molecule has 1 fully saturated rings. The monoisotopic (exact) mass is 947 g/mol. The van der Waals surface area contributed by atoms with Gasteiger partial charge >= 0.3 is 6.09 Å². The van der Waals surface area contributed by atoms with Crippen molar-refractivity contribution in [2.45, 2.75) is 153 Å². The smallest absolute Gasteiger partial charge is 0.410 e. The van der Waals surface area contributed by atoms with E-state index in [1.807, 2.05) is 94.4 Å². The summed E-state index contributed by atoms with van der Waals surface area (Å²) >= 11 is 0. The van der Waals surface area contributed by atoms with Crippen LogP contribution in [0, 0.1) is 17.8 Å². The number of hydrogen-bond donors (Lipinski definition) is 4. The van der Waals surface area contributed by atoms with Crippen LogP contribution in [0.4, 0.5) is 4.79 Å². The second-order valence-corrected chi connectivity index (χ2v) is 15.9. The van der Waals surface area contributed by atoms with E-state index in [-0.39, 0.29) is 59.8 Å². The van der Waals surface area contributed by atoms with Crippen molar-refractivity contribution < 1.29 is 48.2 Å². The summed E-state index contributed by atoms with van der Waals surface area (Å²) in [7, 11) is 4.94. The lowest BCUT2D eigenvalue weighted by atomic mass is 9.95. The van der Waals surface area contributed by atoms with E-state index in [9.17, 15) is 28.8 Å². The molecule has 0 radical (unpaired) electrons.